The minimum Gasteiger partial charge on any atom is -0.296 e. The topological polar surface area (TPSA) is 49.4 Å². The number of amides is 2. The maximum atomic E-state index is 12.0. The Bertz CT molecular complexity index is 688. The summed E-state index contributed by atoms with van der Waals surface area (Å²) in [5.74, 6) is -0.174. The van der Waals surface area contributed by atoms with Crippen LogP contribution in [0.2, 0.25) is 0 Å². The van der Waals surface area contributed by atoms with Crippen molar-refractivity contribution in [3.05, 3.63) is 59.7 Å². The van der Waals surface area contributed by atoms with Gasteiger partial charge in [0.05, 0.1) is 5.69 Å². The zero-order valence-electron chi connectivity index (χ0n) is 13.3. The van der Waals surface area contributed by atoms with Gasteiger partial charge in [-0.2, -0.15) is 0 Å². The summed E-state index contributed by atoms with van der Waals surface area (Å²) in [5.41, 5.74) is 3.17. The first-order chi connectivity index (χ1) is 11.2. The highest BCUT2D eigenvalue weighted by molar-refractivity contribution is 7.97. The second-order valence-electron chi connectivity index (χ2n) is 5.04. The lowest BCUT2D eigenvalue weighted by atomic mass is 10.1. The van der Waals surface area contributed by atoms with Gasteiger partial charge in [0.1, 0.15) is 0 Å². The van der Waals surface area contributed by atoms with Crippen molar-refractivity contribution in [2.75, 3.05) is 11.2 Å². The van der Waals surface area contributed by atoms with Crippen molar-refractivity contribution in [1.82, 2.24) is 4.72 Å². The molecule has 2 rings (SSSR count). The van der Waals surface area contributed by atoms with Gasteiger partial charge in [0, 0.05) is 17.5 Å². The quantitative estimate of drug-likeness (QED) is 0.618. The third kappa shape index (κ3) is 4.13. The molecule has 0 atom stereocenters. The van der Waals surface area contributed by atoms with E-state index in [2.05, 4.69) is 11.6 Å². The van der Waals surface area contributed by atoms with Crippen LogP contribution in [0.5, 0.6) is 0 Å². The molecule has 23 heavy (non-hydrogen) atoms. The van der Waals surface area contributed by atoms with E-state index >= 15 is 0 Å². The molecule has 0 spiro atoms. The van der Waals surface area contributed by atoms with Gasteiger partial charge in [0.15, 0.2) is 0 Å². The third-order valence-electron chi connectivity index (χ3n) is 3.46. The number of hydrogen-bond donors (Lipinski definition) is 1. The summed E-state index contributed by atoms with van der Waals surface area (Å²) >= 11 is 1.25. The van der Waals surface area contributed by atoms with Crippen molar-refractivity contribution in [3.63, 3.8) is 0 Å². The zero-order valence-corrected chi connectivity index (χ0v) is 14.1. The van der Waals surface area contributed by atoms with Crippen LogP contribution >= 0.6 is 11.9 Å². The molecule has 0 heterocycles. The lowest BCUT2D eigenvalue weighted by Crippen LogP contribution is -2.18. The predicted octanol–water partition coefficient (Wildman–Crippen LogP) is 3.94. The normalized spacial score (nSPS) is 10.2. The van der Waals surface area contributed by atoms with E-state index in [-0.39, 0.29) is 5.91 Å². The van der Waals surface area contributed by atoms with Crippen molar-refractivity contribution < 1.29 is 9.59 Å². The van der Waals surface area contributed by atoms with E-state index in [0.29, 0.717) is 11.3 Å². The van der Waals surface area contributed by atoms with Crippen molar-refractivity contribution in [3.8, 4) is 0 Å². The summed E-state index contributed by atoms with van der Waals surface area (Å²) in [6.45, 7) is 2.11. The Morgan fingerprint density at radius 3 is 2.70 bits per heavy atom. The molecule has 2 aromatic rings. The summed E-state index contributed by atoms with van der Waals surface area (Å²) in [7, 11) is 0. The minimum atomic E-state index is -0.174. The molecular formula is C18H20N2O2S. The Morgan fingerprint density at radius 2 is 2.00 bits per heavy atom. The van der Waals surface area contributed by atoms with Gasteiger partial charge in [-0.1, -0.05) is 49.6 Å². The molecule has 0 radical (unpaired) electrons. The number of rotatable bonds is 7. The molecule has 0 saturated heterocycles. The number of carbonyl (C=O) groups is 2. The van der Waals surface area contributed by atoms with E-state index in [1.165, 1.54) is 11.9 Å². The maximum Gasteiger partial charge on any atom is 0.261 e. The fourth-order valence-corrected chi connectivity index (χ4v) is 2.74. The molecule has 0 aliphatic heterocycles. The van der Waals surface area contributed by atoms with Gasteiger partial charge in [0.2, 0.25) is 6.41 Å². The molecule has 0 fully saturated rings. The Kier molecular flexibility index (Phi) is 6.23. The van der Waals surface area contributed by atoms with Gasteiger partial charge < -0.3 is 0 Å². The Balaban J connectivity index is 2.40. The highest BCUT2D eigenvalue weighted by Crippen LogP contribution is 2.28. The molecule has 0 aliphatic rings. The summed E-state index contributed by atoms with van der Waals surface area (Å²) in [4.78, 5) is 25.2. The SMILES string of the molecule is CCCc1ccccc1N(C=O)c1cccc(C(=O)NSC)c1. The molecule has 4 nitrogen and oxygen atoms in total. The molecular weight excluding hydrogens is 308 g/mol. The van der Waals surface area contributed by atoms with Gasteiger partial charge in [-0.3, -0.25) is 19.2 Å². The molecule has 0 unspecified atom stereocenters. The van der Waals surface area contributed by atoms with Crippen LogP contribution in [0.1, 0.15) is 29.3 Å². The molecule has 0 aliphatic carbocycles. The van der Waals surface area contributed by atoms with E-state index in [1.807, 2.05) is 30.3 Å². The second kappa shape index (κ2) is 8.39. The fraction of sp³-hybridized carbons (Fsp3) is 0.222. The van der Waals surface area contributed by atoms with Crippen LogP contribution in [-0.2, 0) is 11.2 Å². The van der Waals surface area contributed by atoms with Crippen LogP contribution in [0.15, 0.2) is 48.5 Å². The predicted molar refractivity (Wildman–Crippen MR) is 96.1 cm³/mol. The molecule has 0 bridgehead atoms. The first kappa shape index (κ1) is 17.1. The van der Waals surface area contributed by atoms with Crippen LogP contribution in [0.3, 0.4) is 0 Å². The molecule has 5 heteroatoms. The molecule has 0 saturated carbocycles. The number of nitrogens with one attached hydrogen (secondary N) is 1. The molecule has 120 valence electrons. The summed E-state index contributed by atoms with van der Waals surface area (Å²) in [5, 5.41) is 0. The zero-order chi connectivity index (χ0) is 16.7. The number of carbonyl (C=O) groups excluding carboxylic acids is 2. The number of para-hydroxylation sites is 1. The van der Waals surface area contributed by atoms with Crippen LogP contribution in [0.25, 0.3) is 0 Å². The summed E-state index contributed by atoms with van der Waals surface area (Å²) in [6.07, 6.45) is 4.48. The highest BCUT2D eigenvalue weighted by atomic mass is 32.2. The monoisotopic (exact) mass is 328 g/mol. The van der Waals surface area contributed by atoms with Crippen molar-refractivity contribution in [1.29, 1.82) is 0 Å². The van der Waals surface area contributed by atoms with Crippen LogP contribution in [-0.4, -0.2) is 18.6 Å². The summed E-state index contributed by atoms with van der Waals surface area (Å²) in [6, 6.07) is 14.9. The first-order valence-electron chi connectivity index (χ1n) is 7.47. The van der Waals surface area contributed by atoms with E-state index in [4.69, 9.17) is 0 Å². The standard InChI is InChI=1S/C18H20N2O2S/c1-3-7-14-8-4-5-11-17(14)20(13-21)16-10-6-9-15(12-16)18(22)19-23-2/h4-6,8-13H,3,7H2,1-2H3,(H,19,22). The van der Waals surface area contributed by atoms with Gasteiger partial charge in [-0.05, 0) is 36.2 Å². The smallest absolute Gasteiger partial charge is 0.261 e. The number of benzene rings is 2. The molecule has 1 N–H and O–H groups in total. The van der Waals surface area contributed by atoms with Crippen molar-refractivity contribution in [2.45, 2.75) is 19.8 Å². The van der Waals surface area contributed by atoms with Crippen molar-refractivity contribution >= 4 is 35.6 Å². The Morgan fingerprint density at radius 1 is 1.22 bits per heavy atom. The molecule has 2 aromatic carbocycles. The number of hydrogen-bond acceptors (Lipinski definition) is 3. The minimum absolute atomic E-state index is 0.174. The lowest BCUT2D eigenvalue weighted by Gasteiger charge is -2.21. The molecule has 0 aromatic heterocycles. The van der Waals surface area contributed by atoms with E-state index in [1.54, 1.807) is 29.4 Å². The Hall–Kier alpha value is -2.27. The highest BCUT2D eigenvalue weighted by Gasteiger charge is 2.14. The Labute approximate surface area is 141 Å². The summed E-state index contributed by atoms with van der Waals surface area (Å²) < 4.78 is 2.69. The average Bonchev–Trinajstić information content (AvgIpc) is 2.58. The van der Waals surface area contributed by atoms with Crippen LogP contribution < -0.4 is 9.62 Å². The lowest BCUT2D eigenvalue weighted by molar-refractivity contribution is -0.106. The number of nitrogens with zero attached hydrogens (tertiary/aromatic N) is 1. The third-order valence-corrected chi connectivity index (χ3v) is 3.85. The molecule has 2 amide bonds. The van der Waals surface area contributed by atoms with Gasteiger partial charge >= 0.3 is 0 Å². The van der Waals surface area contributed by atoms with Gasteiger partial charge in [-0.15, -0.1) is 0 Å². The fourth-order valence-electron chi connectivity index (χ4n) is 2.43. The first-order valence-corrected chi connectivity index (χ1v) is 8.69. The van der Waals surface area contributed by atoms with Gasteiger partial charge in [0.25, 0.3) is 5.91 Å². The maximum absolute atomic E-state index is 12.0. The average molecular weight is 328 g/mol. The van der Waals surface area contributed by atoms with Crippen molar-refractivity contribution in [2.24, 2.45) is 0 Å². The van der Waals surface area contributed by atoms with E-state index in [0.717, 1.165) is 30.5 Å². The van der Waals surface area contributed by atoms with E-state index in [9.17, 15) is 9.59 Å². The second-order valence-corrected chi connectivity index (χ2v) is 5.65. The number of aryl methyl sites for hydroxylation is 1. The van der Waals surface area contributed by atoms with E-state index < -0.39 is 0 Å². The largest absolute Gasteiger partial charge is 0.296 e. The van der Waals surface area contributed by atoms with Gasteiger partial charge in [-0.25, -0.2) is 0 Å². The van der Waals surface area contributed by atoms with Crippen LogP contribution in [0, 0.1) is 0 Å². The number of anilines is 2. The van der Waals surface area contributed by atoms with Crippen LogP contribution in [0.4, 0.5) is 11.4 Å².